The Hall–Kier alpha value is -2.41. The highest BCUT2D eigenvalue weighted by Crippen LogP contribution is 2.22. The monoisotopic (exact) mass is 650 g/mol. The molecule has 0 aromatic heterocycles. The van der Waals surface area contributed by atoms with Gasteiger partial charge < -0.3 is 45.6 Å². The number of ether oxygens (including phenoxy) is 1. The lowest BCUT2D eigenvalue weighted by Gasteiger charge is -2.27. The first-order valence-corrected chi connectivity index (χ1v) is 16.5. The number of aliphatic hydroxyl groups is 8. The van der Waals surface area contributed by atoms with Gasteiger partial charge in [0.25, 0.3) is 0 Å². The van der Waals surface area contributed by atoms with Crippen molar-refractivity contribution in [3.8, 4) is 0 Å². The van der Waals surface area contributed by atoms with Gasteiger partial charge in [0.1, 0.15) is 6.10 Å². The molecular formula is C36H58O10. The highest BCUT2D eigenvalue weighted by Gasteiger charge is 2.26. The molecule has 262 valence electrons. The van der Waals surface area contributed by atoms with Crippen LogP contribution in [0.25, 0.3) is 0 Å². The van der Waals surface area contributed by atoms with Gasteiger partial charge in [-0.15, -0.1) is 0 Å². The van der Waals surface area contributed by atoms with Gasteiger partial charge in [-0.3, -0.25) is 0 Å². The third-order valence-corrected chi connectivity index (χ3v) is 7.94. The van der Waals surface area contributed by atoms with Crippen LogP contribution in [0.3, 0.4) is 0 Å². The van der Waals surface area contributed by atoms with Gasteiger partial charge in [0, 0.05) is 18.4 Å². The van der Waals surface area contributed by atoms with Gasteiger partial charge in [-0.25, -0.2) is 4.79 Å². The fourth-order valence-corrected chi connectivity index (χ4v) is 5.31. The van der Waals surface area contributed by atoms with Gasteiger partial charge in [-0.2, -0.15) is 0 Å². The van der Waals surface area contributed by atoms with Crippen LogP contribution in [0.15, 0.2) is 72.9 Å². The minimum Gasteiger partial charge on any atom is -0.458 e. The van der Waals surface area contributed by atoms with Crippen LogP contribution >= 0.6 is 0 Å². The first-order valence-electron chi connectivity index (χ1n) is 16.5. The Bertz CT molecular complexity index is 1000. The molecule has 0 aromatic carbocycles. The first kappa shape index (κ1) is 41.6. The van der Waals surface area contributed by atoms with Crippen LogP contribution in [0.5, 0.6) is 0 Å². The maximum Gasteiger partial charge on any atom is 0.331 e. The molecule has 10 nitrogen and oxygen atoms in total. The zero-order valence-corrected chi connectivity index (χ0v) is 27.5. The summed E-state index contributed by atoms with van der Waals surface area (Å²) in [5, 5.41) is 82.6. The normalized spacial score (nSPS) is 38.6. The molecule has 1 aliphatic heterocycles. The molecule has 0 bridgehead atoms. The van der Waals surface area contributed by atoms with Crippen molar-refractivity contribution in [2.75, 3.05) is 0 Å². The van der Waals surface area contributed by atoms with Gasteiger partial charge in [0.15, 0.2) is 0 Å². The maximum absolute atomic E-state index is 12.5. The molecule has 11 unspecified atom stereocenters. The number of allylic oxidation sites excluding steroid dienone is 8. The van der Waals surface area contributed by atoms with Crippen molar-refractivity contribution in [2.45, 2.75) is 133 Å². The van der Waals surface area contributed by atoms with Crippen molar-refractivity contribution >= 4 is 5.97 Å². The van der Waals surface area contributed by atoms with Crippen molar-refractivity contribution in [1.29, 1.82) is 0 Å². The lowest BCUT2D eigenvalue weighted by Crippen LogP contribution is -2.30. The van der Waals surface area contributed by atoms with Crippen LogP contribution in [-0.2, 0) is 9.53 Å². The van der Waals surface area contributed by atoms with E-state index >= 15 is 0 Å². The average Bonchev–Trinajstić information content (AvgIpc) is 2.95. The third kappa shape index (κ3) is 20.0. The summed E-state index contributed by atoms with van der Waals surface area (Å²) in [5.41, 5.74) is 0. The van der Waals surface area contributed by atoms with Crippen molar-refractivity contribution in [2.24, 2.45) is 11.8 Å². The van der Waals surface area contributed by atoms with E-state index in [0.29, 0.717) is 6.42 Å². The molecule has 0 saturated heterocycles. The smallest absolute Gasteiger partial charge is 0.331 e. The van der Waals surface area contributed by atoms with Crippen molar-refractivity contribution in [3.63, 3.8) is 0 Å². The maximum atomic E-state index is 12.5. The summed E-state index contributed by atoms with van der Waals surface area (Å²) in [5.74, 6) is -0.648. The Morgan fingerprint density at radius 1 is 0.630 bits per heavy atom. The van der Waals surface area contributed by atoms with E-state index in [1.807, 2.05) is 20.8 Å². The second kappa shape index (κ2) is 23.8. The SMILES string of the molecule is CCC(C)C1OC(=O)C=C\C=C/C=C\C=C/C=C\CC(O)CC(O)CC(O)CC(O)CC(O)CC(O)CC(O)CC(O)/C=C\C1C. The lowest BCUT2D eigenvalue weighted by molar-refractivity contribution is -0.147. The molecule has 0 amide bonds. The molecule has 11 atom stereocenters. The lowest BCUT2D eigenvalue weighted by atomic mass is 9.90. The molecule has 1 aliphatic rings. The van der Waals surface area contributed by atoms with E-state index < -0.39 is 60.9 Å². The fraction of sp³-hybridized carbons (Fsp3) is 0.639. The summed E-state index contributed by atoms with van der Waals surface area (Å²) in [6.07, 6.45) is 12.3. The number of hydrogen-bond donors (Lipinski definition) is 8. The third-order valence-electron chi connectivity index (χ3n) is 7.94. The van der Waals surface area contributed by atoms with E-state index in [1.54, 1.807) is 60.8 Å². The number of aliphatic hydroxyl groups excluding tert-OH is 8. The predicted octanol–water partition coefficient (Wildman–Crippen LogP) is 2.94. The second-order valence-electron chi connectivity index (χ2n) is 12.5. The van der Waals surface area contributed by atoms with Crippen molar-refractivity contribution < 1.29 is 50.4 Å². The summed E-state index contributed by atoms with van der Waals surface area (Å²) in [6.45, 7) is 5.87. The topological polar surface area (TPSA) is 188 Å². The fourth-order valence-electron chi connectivity index (χ4n) is 5.31. The number of hydrogen-bond acceptors (Lipinski definition) is 10. The summed E-state index contributed by atoms with van der Waals surface area (Å²) in [6, 6.07) is 0. The number of carbonyl (C=O) groups excluding carboxylic acids is 1. The van der Waals surface area contributed by atoms with Crippen molar-refractivity contribution in [1.82, 2.24) is 0 Å². The summed E-state index contributed by atoms with van der Waals surface area (Å²) in [7, 11) is 0. The highest BCUT2D eigenvalue weighted by molar-refractivity contribution is 5.82. The largest absolute Gasteiger partial charge is 0.458 e. The summed E-state index contributed by atoms with van der Waals surface area (Å²) < 4.78 is 5.73. The standard InChI is InChI=1S/C36H58O10/c1-4-25(2)36-26(3)16-17-28(38)19-30(40)21-32(42)23-34(44)24-33(43)22-31(41)20-29(39)18-27(37)14-12-10-8-6-5-7-9-11-13-15-35(45)46-36/h5-13,15-17,25-34,36-44H,4,14,18-24H2,1-3H3/b7-5-,8-6-,11-9-,12-10-,15-13?,17-16-. The van der Waals surface area contributed by atoms with Crippen LogP contribution in [0.2, 0.25) is 0 Å². The molecule has 0 aromatic rings. The van der Waals surface area contributed by atoms with Gasteiger partial charge in [0.05, 0.1) is 48.8 Å². The molecule has 1 rings (SSSR count). The van der Waals surface area contributed by atoms with Crippen LogP contribution < -0.4 is 0 Å². The Balaban J connectivity index is 2.97. The quantitative estimate of drug-likeness (QED) is 0.163. The summed E-state index contributed by atoms with van der Waals surface area (Å²) in [4.78, 5) is 12.5. The van der Waals surface area contributed by atoms with Crippen LogP contribution in [0, 0.1) is 11.8 Å². The number of esters is 1. The van der Waals surface area contributed by atoms with E-state index in [1.165, 1.54) is 12.2 Å². The molecule has 0 fully saturated rings. The van der Waals surface area contributed by atoms with Crippen molar-refractivity contribution in [3.05, 3.63) is 72.9 Å². The molecule has 46 heavy (non-hydrogen) atoms. The number of carbonyl (C=O) groups is 1. The van der Waals surface area contributed by atoms with Crippen LogP contribution in [-0.4, -0.2) is 102 Å². The molecule has 8 N–H and O–H groups in total. The molecule has 0 saturated carbocycles. The van der Waals surface area contributed by atoms with E-state index in [4.69, 9.17) is 4.74 Å². The molecule has 0 radical (unpaired) electrons. The Kier molecular flexibility index (Phi) is 21.6. The average molecular weight is 651 g/mol. The van der Waals surface area contributed by atoms with E-state index in [9.17, 15) is 45.6 Å². The minimum absolute atomic E-state index is 0.0475. The molecular weight excluding hydrogens is 592 g/mol. The van der Waals surface area contributed by atoms with Gasteiger partial charge in [-0.1, -0.05) is 94.0 Å². The van der Waals surface area contributed by atoms with Crippen LogP contribution in [0.1, 0.15) is 78.6 Å². The summed E-state index contributed by atoms with van der Waals surface area (Å²) >= 11 is 0. The van der Waals surface area contributed by atoms with Crippen LogP contribution in [0.4, 0.5) is 0 Å². The minimum atomic E-state index is -1.10. The van der Waals surface area contributed by atoms with E-state index in [0.717, 1.165) is 6.42 Å². The Morgan fingerprint density at radius 3 is 1.52 bits per heavy atom. The van der Waals surface area contributed by atoms with Gasteiger partial charge in [-0.05, 0) is 50.9 Å². The number of cyclic esters (lactones) is 1. The molecule has 0 spiro atoms. The Morgan fingerprint density at radius 2 is 1.04 bits per heavy atom. The number of rotatable bonds is 2. The molecule has 1 heterocycles. The van der Waals surface area contributed by atoms with E-state index in [-0.39, 0.29) is 56.8 Å². The predicted molar refractivity (Wildman–Crippen MR) is 178 cm³/mol. The zero-order valence-electron chi connectivity index (χ0n) is 27.5. The zero-order chi connectivity index (χ0) is 34.5. The first-order chi connectivity index (χ1) is 21.8. The van der Waals surface area contributed by atoms with E-state index in [2.05, 4.69) is 0 Å². The second-order valence-corrected chi connectivity index (χ2v) is 12.5. The Labute approximate surface area is 274 Å². The molecule has 10 heteroatoms. The molecule has 0 aliphatic carbocycles. The van der Waals surface area contributed by atoms with Gasteiger partial charge in [0.2, 0.25) is 0 Å². The van der Waals surface area contributed by atoms with Gasteiger partial charge >= 0.3 is 5.97 Å². The highest BCUT2D eigenvalue weighted by atomic mass is 16.5.